The maximum Gasteiger partial charge on any atom is 0.193 e. The fourth-order valence-corrected chi connectivity index (χ4v) is 0.729. The van der Waals surface area contributed by atoms with Crippen LogP contribution in [0.5, 0.6) is 0 Å². The molecule has 0 aliphatic heterocycles. The minimum Gasteiger partial charge on any atom is -0.448 e. The number of alkyl halides is 1. The molecule has 0 spiro atoms. The molecular weight excluding hydrogens is 147 g/mol. The second-order valence-corrected chi connectivity index (χ2v) is 1.98. The van der Waals surface area contributed by atoms with Crippen LogP contribution >= 0.6 is 23.2 Å². The molecule has 0 aliphatic rings. The zero-order chi connectivity index (χ0) is 5.98. The van der Waals surface area contributed by atoms with Crippen LogP contribution in [0, 0.1) is 0 Å². The van der Waals surface area contributed by atoms with Crippen molar-refractivity contribution in [2.24, 2.45) is 0 Å². The van der Waals surface area contributed by atoms with E-state index in [1.807, 2.05) is 0 Å². The first-order valence-electron chi connectivity index (χ1n) is 2.13. The molecule has 8 heavy (non-hydrogen) atoms. The molecule has 1 nitrogen and oxygen atoms in total. The van der Waals surface area contributed by atoms with E-state index < -0.39 is 0 Å². The van der Waals surface area contributed by atoms with E-state index in [1.165, 1.54) is 0 Å². The fourth-order valence-electron chi connectivity index (χ4n) is 0.424. The van der Waals surface area contributed by atoms with Crippen LogP contribution in [0.1, 0.15) is 5.76 Å². The van der Waals surface area contributed by atoms with Gasteiger partial charge in [-0.3, -0.25) is 0 Å². The van der Waals surface area contributed by atoms with Crippen LogP contribution in [0.4, 0.5) is 0 Å². The Hall–Kier alpha value is -0.140. The number of furan rings is 1. The summed E-state index contributed by atoms with van der Waals surface area (Å²) in [6.45, 7) is 0. The van der Waals surface area contributed by atoms with Gasteiger partial charge in [0, 0.05) is 0 Å². The molecule has 0 N–H and O–H groups in total. The summed E-state index contributed by atoms with van der Waals surface area (Å²) < 4.78 is 4.87. The minimum absolute atomic E-state index is 0.382. The first-order chi connectivity index (χ1) is 3.83. The summed E-state index contributed by atoms with van der Waals surface area (Å²) in [5.41, 5.74) is 0. The van der Waals surface area contributed by atoms with Crippen LogP contribution in [0.15, 0.2) is 16.5 Å². The highest BCUT2D eigenvalue weighted by atomic mass is 35.5. The molecule has 1 aromatic rings. The van der Waals surface area contributed by atoms with E-state index in [-0.39, 0.29) is 0 Å². The van der Waals surface area contributed by atoms with Crippen LogP contribution in [0.3, 0.4) is 0 Å². The SMILES string of the molecule is ClCc1ccc(Cl)o1. The summed E-state index contributed by atoms with van der Waals surface area (Å²) in [7, 11) is 0. The van der Waals surface area contributed by atoms with Crippen LogP contribution in [0.2, 0.25) is 5.22 Å². The maximum absolute atomic E-state index is 5.41. The Bertz CT molecular complexity index is 171. The molecule has 0 amide bonds. The highest BCUT2D eigenvalue weighted by molar-refractivity contribution is 6.28. The molecule has 3 heteroatoms. The van der Waals surface area contributed by atoms with Gasteiger partial charge in [0.25, 0.3) is 0 Å². The number of hydrogen-bond donors (Lipinski definition) is 0. The lowest BCUT2D eigenvalue weighted by Crippen LogP contribution is -1.63. The van der Waals surface area contributed by atoms with Gasteiger partial charge in [0.05, 0.1) is 5.88 Å². The van der Waals surface area contributed by atoms with E-state index in [4.69, 9.17) is 27.6 Å². The maximum atomic E-state index is 5.41. The Balaban J connectivity index is 2.84. The quantitative estimate of drug-likeness (QED) is 0.562. The van der Waals surface area contributed by atoms with Crippen molar-refractivity contribution in [3.8, 4) is 0 Å². The lowest BCUT2D eigenvalue weighted by atomic mass is 10.5. The van der Waals surface area contributed by atoms with Gasteiger partial charge in [0.15, 0.2) is 5.22 Å². The van der Waals surface area contributed by atoms with Gasteiger partial charge in [-0.15, -0.1) is 11.6 Å². The highest BCUT2D eigenvalue weighted by Gasteiger charge is 1.94. The molecule has 0 aromatic carbocycles. The third kappa shape index (κ3) is 1.17. The van der Waals surface area contributed by atoms with E-state index in [0.29, 0.717) is 16.9 Å². The van der Waals surface area contributed by atoms with E-state index >= 15 is 0 Å². The molecule has 0 fully saturated rings. The van der Waals surface area contributed by atoms with Crippen molar-refractivity contribution >= 4 is 23.2 Å². The lowest BCUT2D eigenvalue weighted by molar-refractivity contribution is 0.531. The zero-order valence-electron chi connectivity index (χ0n) is 4.03. The smallest absolute Gasteiger partial charge is 0.193 e. The standard InChI is InChI=1S/C5H4Cl2O/c6-3-4-1-2-5(7)8-4/h1-2H,3H2. The van der Waals surface area contributed by atoms with Crippen molar-refractivity contribution in [3.63, 3.8) is 0 Å². The second kappa shape index (κ2) is 2.42. The molecule has 1 aromatic heterocycles. The minimum atomic E-state index is 0.382. The van der Waals surface area contributed by atoms with E-state index in [2.05, 4.69) is 0 Å². The van der Waals surface area contributed by atoms with Gasteiger partial charge < -0.3 is 4.42 Å². The zero-order valence-corrected chi connectivity index (χ0v) is 5.54. The Labute approximate surface area is 57.2 Å². The Morgan fingerprint density at radius 3 is 2.50 bits per heavy atom. The molecule has 1 rings (SSSR count). The lowest BCUT2D eigenvalue weighted by Gasteiger charge is -1.80. The topological polar surface area (TPSA) is 13.1 Å². The highest BCUT2D eigenvalue weighted by Crippen LogP contribution is 2.13. The fraction of sp³-hybridized carbons (Fsp3) is 0.200. The monoisotopic (exact) mass is 150 g/mol. The molecule has 0 unspecified atom stereocenters. The number of halogens is 2. The summed E-state index contributed by atoms with van der Waals surface area (Å²) in [5.74, 6) is 1.09. The third-order valence-corrected chi connectivity index (χ3v) is 1.23. The van der Waals surface area contributed by atoms with Crippen molar-refractivity contribution in [3.05, 3.63) is 23.1 Å². The molecule has 0 aliphatic carbocycles. The van der Waals surface area contributed by atoms with E-state index in [9.17, 15) is 0 Å². The summed E-state index contributed by atoms with van der Waals surface area (Å²) in [4.78, 5) is 0. The van der Waals surface area contributed by atoms with Gasteiger partial charge in [-0.1, -0.05) is 0 Å². The van der Waals surface area contributed by atoms with Crippen molar-refractivity contribution in [2.45, 2.75) is 5.88 Å². The normalized spacial score (nSPS) is 9.75. The van der Waals surface area contributed by atoms with Gasteiger partial charge in [0.1, 0.15) is 5.76 Å². The third-order valence-electron chi connectivity index (χ3n) is 0.761. The second-order valence-electron chi connectivity index (χ2n) is 1.34. The van der Waals surface area contributed by atoms with Crippen molar-refractivity contribution < 1.29 is 4.42 Å². The summed E-state index contributed by atoms with van der Waals surface area (Å²) in [6, 6.07) is 3.41. The van der Waals surface area contributed by atoms with Crippen molar-refractivity contribution in [1.29, 1.82) is 0 Å². The van der Waals surface area contributed by atoms with Crippen LogP contribution in [-0.4, -0.2) is 0 Å². The predicted molar refractivity (Wildman–Crippen MR) is 33.3 cm³/mol. The van der Waals surface area contributed by atoms with E-state index in [0.717, 1.165) is 0 Å². The van der Waals surface area contributed by atoms with Crippen LogP contribution in [-0.2, 0) is 5.88 Å². The average Bonchev–Trinajstić information content (AvgIpc) is 2.14. The Morgan fingerprint density at radius 1 is 1.50 bits per heavy atom. The number of rotatable bonds is 1. The Kier molecular flexibility index (Phi) is 1.81. The predicted octanol–water partition coefficient (Wildman–Crippen LogP) is 2.67. The Morgan fingerprint density at radius 2 is 2.25 bits per heavy atom. The van der Waals surface area contributed by atoms with Gasteiger partial charge in [-0.25, -0.2) is 0 Å². The molecule has 0 radical (unpaired) electrons. The molecule has 1 heterocycles. The van der Waals surface area contributed by atoms with Crippen molar-refractivity contribution in [2.75, 3.05) is 0 Å². The van der Waals surface area contributed by atoms with Crippen molar-refractivity contribution in [1.82, 2.24) is 0 Å². The average molecular weight is 151 g/mol. The van der Waals surface area contributed by atoms with Crippen LogP contribution < -0.4 is 0 Å². The summed E-state index contributed by atoms with van der Waals surface area (Å²) in [5, 5.41) is 0.389. The molecule has 0 saturated carbocycles. The first-order valence-corrected chi connectivity index (χ1v) is 3.04. The molecule has 44 valence electrons. The largest absolute Gasteiger partial charge is 0.448 e. The molecular formula is C5H4Cl2O. The van der Waals surface area contributed by atoms with Crippen LogP contribution in [0.25, 0.3) is 0 Å². The first kappa shape index (κ1) is 5.99. The molecule has 0 bridgehead atoms. The molecule has 0 atom stereocenters. The summed E-state index contributed by atoms with van der Waals surface area (Å²) >= 11 is 10.8. The van der Waals surface area contributed by atoms with Gasteiger partial charge in [0.2, 0.25) is 0 Å². The van der Waals surface area contributed by atoms with Gasteiger partial charge in [-0.2, -0.15) is 0 Å². The van der Waals surface area contributed by atoms with Gasteiger partial charge in [-0.05, 0) is 23.7 Å². The molecule has 0 saturated heterocycles. The van der Waals surface area contributed by atoms with Gasteiger partial charge >= 0.3 is 0 Å². The summed E-state index contributed by atoms with van der Waals surface area (Å²) in [6.07, 6.45) is 0. The number of hydrogen-bond acceptors (Lipinski definition) is 1. The van der Waals surface area contributed by atoms with E-state index in [1.54, 1.807) is 12.1 Å².